The van der Waals surface area contributed by atoms with Gasteiger partial charge in [-0.15, -0.1) is 0 Å². The van der Waals surface area contributed by atoms with Crippen LogP contribution in [0.15, 0.2) is 18.2 Å². The lowest BCUT2D eigenvalue weighted by atomic mass is 9.94. The molecule has 1 aliphatic rings. The summed E-state index contributed by atoms with van der Waals surface area (Å²) in [6.45, 7) is 0. The monoisotopic (exact) mass is 264 g/mol. The van der Waals surface area contributed by atoms with E-state index in [4.69, 9.17) is 5.26 Å². The standard InChI is InChI=1S/C14H17FN2S/c1-18-11-5-2-4-10(8-11)17-14-7-3-6-13(15)12(14)9-16/h3,6-7,10-11,17H,2,4-5,8H2,1H3. The molecule has 96 valence electrons. The number of nitriles is 1. The highest BCUT2D eigenvalue weighted by atomic mass is 32.2. The molecule has 18 heavy (non-hydrogen) atoms. The van der Waals surface area contributed by atoms with E-state index in [0.29, 0.717) is 17.0 Å². The van der Waals surface area contributed by atoms with Crippen LogP contribution in [0.25, 0.3) is 0 Å². The van der Waals surface area contributed by atoms with Crippen LogP contribution in [0, 0.1) is 17.1 Å². The third-order valence-electron chi connectivity index (χ3n) is 3.44. The zero-order chi connectivity index (χ0) is 13.0. The van der Waals surface area contributed by atoms with Crippen LogP contribution in [0.5, 0.6) is 0 Å². The Morgan fingerprint density at radius 3 is 3.00 bits per heavy atom. The first-order valence-electron chi connectivity index (χ1n) is 6.22. The number of benzene rings is 1. The van der Waals surface area contributed by atoms with Gasteiger partial charge in [-0.2, -0.15) is 17.0 Å². The Hall–Kier alpha value is -1.21. The van der Waals surface area contributed by atoms with E-state index in [1.807, 2.05) is 17.8 Å². The van der Waals surface area contributed by atoms with Crippen LogP contribution in [-0.2, 0) is 0 Å². The molecular formula is C14H17FN2S. The molecule has 0 spiro atoms. The Labute approximate surface area is 112 Å². The molecule has 2 nitrogen and oxygen atoms in total. The fraction of sp³-hybridized carbons (Fsp3) is 0.500. The fourth-order valence-corrected chi connectivity index (χ4v) is 3.30. The van der Waals surface area contributed by atoms with Crippen molar-refractivity contribution in [3.8, 4) is 6.07 Å². The summed E-state index contributed by atoms with van der Waals surface area (Å²) in [5.41, 5.74) is 0.757. The van der Waals surface area contributed by atoms with Crippen LogP contribution in [0.2, 0.25) is 0 Å². The molecular weight excluding hydrogens is 247 g/mol. The quantitative estimate of drug-likeness (QED) is 0.902. The molecule has 0 amide bonds. The zero-order valence-corrected chi connectivity index (χ0v) is 11.3. The summed E-state index contributed by atoms with van der Waals surface area (Å²) in [7, 11) is 0. The van der Waals surface area contributed by atoms with Gasteiger partial charge in [-0.1, -0.05) is 12.5 Å². The molecule has 1 saturated carbocycles. The highest BCUT2D eigenvalue weighted by Gasteiger charge is 2.22. The van der Waals surface area contributed by atoms with Crippen molar-refractivity contribution in [3.63, 3.8) is 0 Å². The first kappa shape index (κ1) is 13.2. The largest absolute Gasteiger partial charge is 0.381 e. The number of hydrogen-bond donors (Lipinski definition) is 1. The number of nitrogens with one attached hydrogen (secondary N) is 1. The lowest BCUT2D eigenvalue weighted by Crippen LogP contribution is -2.28. The predicted octanol–water partition coefficient (Wildman–Crippen LogP) is 3.78. The lowest BCUT2D eigenvalue weighted by Gasteiger charge is -2.29. The van der Waals surface area contributed by atoms with Crippen LogP contribution in [0.4, 0.5) is 10.1 Å². The van der Waals surface area contributed by atoms with Gasteiger partial charge in [0.05, 0.1) is 5.69 Å². The number of halogens is 1. The average Bonchev–Trinajstić information content (AvgIpc) is 2.39. The second-order valence-electron chi connectivity index (χ2n) is 4.64. The molecule has 0 aromatic heterocycles. The Bertz CT molecular complexity index is 456. The average molecular weight is 264 g/mol. The summed E-state index contributed by atoms with van der Waals surface area (Å²) in [4.78, 5) is 0. The van der Waals surface area contributed by atoms with E-state index in [0.717, 1.165) is 12.8 Å². The number of thioether (sulfide) groups is 1. The van der Waals surface area contributed by atoms with E-state index in [-0.39, 0.29) is 5.56 Å². The summed E-state index contributed by atoms with van der Waals surface area (Å²) >= 11 is 1.89. The Balaban J connectivity index is 2.10. The highest BCUT2D eigenvalue weighted by Crippen LogP contribution is 2.29. The molecule has 4 heteroatoms. The summed E-state index contributed by atoms with van der Waals surface area (Å²) in [5, 5.41) is 13.0. The number of nitrogens with zero attached hydrogens (tertiary/aromatic N) is 1. The van der Waals surface area contributed by atoms with Gasteiger partial charge >= 0.3 is 0 Å². The van der Waals surface area contributed by atoms with E-state index < -0.39 is 5.82 Å². The number of rotatable bonds is 3. The highest BCUT2D eigenvalue weighted by molar-refractivity contribution is 7.99. The topological polar surface area (TPSA) is 35.8 Å². The molecule has 1 aromatic rings. The molecule has 1 aromatic carbocycles. The maximum atomic E-state index is 13.5. The van der Waals surface area contributed by atoms with E-state index in [9.17, 15) is 4.39 Å². The molecule has 1 N–H and O–H groups in total. The van der Waals surface area contributed by atoms with Crippen LogP contribution in [0.1, 0.15) is 31.2 Å². The van der Waals surface area contributed by atoms with Crippen molar-refractivity contribution in [1.29, 1.82) is 5.26 Å². The van der Waals surface area contributed by atoms with Crippen LogP contribution in [0.3, 0.4) is 0 Å². The molecule has 1 fully saturated rings. The molecule has 0 saturated heterocycles. The van der Waals surface area contributed by atoms with Crippen molar-refractivity contribution >= 4 is 17.4 Å². The SMILES string of the molecule is CSC1CCCC(Nc2cccc(F)c2C#N)C1. The number of anilines is 1. The van der Waals surface area contributed by atoms with Crippen molar-refractivity contribution in [2.45, 2.75) is 37.0 Å². The Morgan fingerprint density at radius 2 is 2.28 bits per heavy atom. The first-order valence-corrected chi connectivity index (χ1v) is 7.51. The second-order valence-corrected chi connectivity index (χ2v) is 5.78. The lowest BCUT2D eigenvalue weighted by molar-refractivity contribution is 0.473. The summed E-state index contributed by atoms with van der Waals surface area (Å²) < 4.78 is 13.5. The third kappa shape index (κ3) is 2.97. The van der Waals surface area contributed by atoms with Crippen molar-refractivity contribution in [2.24, 2.45) is 0 Å². The Kier molecular flexibility index (Phi) is 4.48. The third-order valence-corrected chi connectivity index (χ3v) is 4.54. The molecule has 0 radical (unpaired) electrons. The van der Waals surface area contributed by atoms with E-state index in [1.54, 1.807) is 12.1 Å². The van der Waals surface area contributed by atoms with Gasteiger partial charge in [-0.05, 0) is 37.7 Å². The van der Waals surface area contributed by atoms with Crippen LogP contribution in [-0.4, -0.2) is 17.5 Å². The van der Waals surface area contributed by atoms with Crippen molar-refractivity contribution in [3.05, 3.63) is 29.6 Å². The minimum Gasteiger partial charge on any atom is -0.381 e. The smallest absolute Gasteiger partial charge is 0.143 e. The molecule has 2 unspecified atom stereocenters. The molecule has 0 aliphatic heterocycles. The van der Waals surface area contributed by atoms with Gasteiger partial charge in [0.15, 0.2) is 0 Å². The molecule has 2 atom stereocenters. The second kappa shape index (κ2) is 6.10. The molecule has 0 bridgehead atoms. The molecule has 0 heterocycles. The maximum Gasteiger partial charge on any atom is 0.143 e. The minimum atomic E-state index is -0.445. The summed E-state index contributed by atoms with van der Waals surface area (Å²) in [6.07, 6.45) is 6.77. The number of hydrogen-bond acceptors (Lipinski definition) is 3. The van der Waals surface area contributed by atoms with Gasteiger partial charge in [0.1, 0.15) is 17.4 Å². The van der Waals surface area contributed by atoms with E-state index in [1.165, 1.54) is 18.9 Å². The normalized spacial score (nSPS) is 23.4. The van der Waals surface area contributed by atoms with Gasteiger partial charge < -0.3 is 5.32 Å². The van der Waals surface area contributed by atoms with Gasteiger partial charge in [0.25, 0.3) is 0 Å². The van der Waals surface area contributed by atoms with Gasteiger partial charge in [0, 0.05) is 11.3 Å². The van der Waals surface area contributed by atoms with Gasteiger partial charge in [-0.25, -0.2) is 4.39 Å². The van der Waals surface area contributed by atoms with Gasteiger partial charge in [-0.3, -0.25) is 0 Å². The van der Waals surface area contributed by atoms with Gasteiger partial charge in [0.2, 0.25) is 0 Å². The fourth-order valence-electron chi connectivity index (χ4n) is 2.47. The summed E-state index contributed by atoms with van der Waals surface area (Å²) in [6, 6.07) is 7.04. The van der Waals surface area contributed by atoms with E-state index >= 15 is 0 Å². The first-order chi connectivity index (χ1) is 8.74. The van der Waals surface area contributed by atoms with Crippen molar-refractivity contribution in [1.82, 2.24) is 0 Å². The minimum absolute atomic E-state index is 0.128. The Morgan fingerprint density at radius 1 is 1.44 bits per heavy atom. The van der Waals surface area contributed by atoms with Crippen molar-refractivity contribution in [2.75, 3.05) is 11.6 Å². The summed E-state index contributed by atoms with van der Waals surface area (Å²) in [5.74, 6) is -0.445. The predicted molar refractivity (Wildman–Crippen MR) is 74.3 cm³/mol. The molecule has 1 aliphatic carbocycles. The van der Waals surface area contributed by atoms with Crippen LogP contribution >= 0.6 is 11.8 Å². The zero-order valence-electron chi connectivity index (χ0n) is 10.4. The van der Waals surface area contributed by atoms with E-state index in [2.05, 4.69) is 11.6 Å². The van der Waals surface area contributed by atoms with Crippen LogP contribution < -0.4 is 5.32 Å². The maximum absolute atomic E-state index is 13.5. The molecule has 2 rings (SSSR count). The van der Waals surface area contributed by atoms with Crippen molar-refractivity contribution < 1.29 is 4.39 Å².